The number of hydrogen-bond acceptors (Lipinski definition) is 2. The highest BCUT2D eigenvalue weighted by molar-refractivity contribution is 5.80. The smallest absolute Gasteiger partial charge is 0.138 e. The summed E-state index contributed by atoms with van der Waals surface area (Å²) < 4.78 is 0. The third kappa shape index (κ3) is 4.96. The summed E-state index contributed by atoms with van der Waals surface area (Å²) in [5, 5.41) is 0. The number of aromatic nitrogens is 1. The number of aryl methyl sites for hydroxylation is 2. The van der Waals surface area contributed by atoms with Crippen molar-refractivity contribution in [3.05, 3.63) is 65.5 Å². The average Bonchev–Trinajstić information content (AvgIpc) is 2.45. The second-order valence-electron chi connectivity index (χ2n) is 5.23. The molecule has 1 aromatic heterocycles. The molecule has 0 N–H and O–H groups in total. The molecule has 20 heavy (non-hydrogen) atoms. The Balaban J connectivity index is 1.68. The molecule has 0 fully saturated rings. The van der Waals surface area contributed by atoms with Gasteiger partial charge in [0.2, 0.25) is 0 Å². The maximum absolute atomic E-state index is 11.9. The predicted molar refractivity (Wildman–Crippen MR) is 81.7 cm³/mol. The molecule has 0 aliphatic heterocycles. The zero-order valence-corrected chi connectivity index (χ0v) is 12.0. The Labute approximate surface area is 120 Å². The van der Waals surface area contributed by atoms with Crippen molar-refractivity contribution < 1.29 is 4.79 Å². The zero-order valence-electron chi connectivity index (χ0n) is 12.0. The number of pyridine rings is 1. The first kappa shape index (κ1) is 14.4. The lowest BCUT2D eigenvalue weighted by Crippen LogP contribution is -2.04. The minimum Gasteiger partial charge on any atom is -0.299 e. The fraction of sp³-hybridized carbons (Fsp3) is 0.333. The van der Waals surface area contributed by atoms with Gasteiger partial charge in [0.15, 0.2) is 0 Å². The summed E-state index contributed by atoms with van der Waals surface area (Å²) >= 11 is 0. The molecule has 2 heteroatoms. The number of ketones is 1. The first-order valence-corrected chi connectivity index (χ1v) is 7.21. The lowest BCUT2D eigenvalue weighted by atomic mass is 10.0. The summed E-state index contributed by atoms with van der Waals surface area (Å²) in [5.41, 5.74) is 3.39. The van der Waals surface area contributed by atoms with Crippen LogP contribution < -0.4 is 0 Å². The van der Waals surface area contributed by atoms with Crippen LogP contribution in [0.1, 0.15) is 36.1 Å². The van der Waals surface area contributed by atoms with Gasteiger partial charge >= 0.3 is 0 Å². The third-order valence-electron chi connectivity index (χ3n) is 3.36. The van der Waals surface area contributed by atoms with Crippen LogP contribution in [0.5, 0.6) is 0 Å². The van der Waals surface area contributed by atoms with E-state index in [0.717, 1.165) is 30.5 Å². The van der Waals surface area contributed by atoms with E-state index in [9.17, 15) is 4.79 Å². The second kappa shape index (κ2) is 7.59. The number of unbranched alkanes of at least 4 members (excludes halogenated alkanes) is 1. The highest BCUT2D eigenvalue weighted by Gasteiger charge is 2.05. The molecule has 0 unspecified atom stereocenters. The molecule has 2 rings (SSSR count). The van der Waals surface area contributed by atoms with E-state index >= 15 is 0 Å². The molecule has 0 aliphatic carbocycles. The normalized spacial score (nSPS) is 10.4. The van der Waals surface area contributed by atoms with Crippen molar-refractivity contribution in [1.82, 2.24) is 4.98 Å². The van der Waals surface area contributed by atoms with Gasteiger partial charge in [-0.3, -0.25) is 9.78 Å². The van der Waals surface area contributed by atoms with Crippen molar-refractivity contribution in [1.29, 1.82) is 0 Å². The number of nitrogens with zero attached hydrogens (tertiary/aromatic N) is 1. The van der Waals surface area contributed by atoms with E-state index in [-0.39, 0.29) is 5.78 Å². The molecule has 0 radical (unpaired) electrons. The summed E-state index contributed by atoms with van der Waals surface area (Å²) in [6.45, 7) is 2.02. The van der Waals surface area contributed by atoms with Crippen LogP contribution in [0.25, 0.3) is 0 Å². The van der Waals surface area contributed by atoms with E-state index in [0.29, 0.717) is 12.8 Å². The van der Waals surface area contributed by atoms with E-state index in [2.05, 4.69) is 29.2 Å². The molecular weight excluding hydrogens is 246 g/mol. The zero-order chi connectivity index (χ0) is 14.2. The monoisotopic (exact) mass is 267 g/mol. The summed E-state index contributed by atoms with van der Waals surface area (Å²) in [7, 11) is 0. The SMILES string of the molecule is Cc1ccnc(CC(=O)CCCCc2ccccc2)c1. The van der Waals surface area contributed by atoms with Crippen molar-refractivity contribution in [3.63, 3.8) is 0 Å². The Morgan fingerprint density at radius 1 is 1.10 bits per heavy atom. The molecule has 0 aliphatic rings. The number of carbonyl (C=O) groups is 1. The fourth-order valence-electron chi connectivity index (χ4n) is 2.28. The van der Waals surface area contributed by atoms with Crippen LogP contribution >= 0.6 is 0 Å². The average molecular weight is 267 g/mol. The standard InChI is InChI=1S/C18H21NO/c1-15-11-12-19-17(13-15)14-18(20)10-6-5-9-16-7-3-2-4-8-16/h2-4,7-8,11-13H,5-6,9-10,14H2,1H3. The highest BCUT2D eigenvalue weighted by atomic mass is 16.1. The van der Waals surface area contributed by atoms with E-state index in [1.807, 2.05) is 25.1 Å². The van der Waals surface area contributed by atoms with Crippen molar-refractivity contribution in [3.8, 4) is 0 Å². The number of rotatable bonds is 7. The van der Waals surface area contributed by atoms with Crippen LogP contribution in [0.2, 0.25) is 0 Å². The summed E-state index contributed by atoms with van der Waals surface area (Å²) in [4.78, 5) is 16.1. The molecule has 1 heterocycles. The number of carbonyl (C=O) groups excluding carboxylic acids is 1. The van der Waals surface area contributed by atoms with Gasteiger partial charge in [-0.05, 0) is 49.4 Å². The van der Waals surface area contributed by atoms with E-state index < -0.39 is 0 Å². The van der Waals surface area contributed by atoms with Gasteiger partial charge in [-0.25, -0.2) is 0 Å². The molecule has 2 nitrogen and oxygen atoms in total. The molecule has 0 saturated heterocycles. The van der Waals surface area contributed by atoms with Gasteiger partial charge < -0.3 is 0 Å². The summed E-state index contributed by atoms with van der Waals surface area (Å²) in [6.07, 6.45) is 5.97. The van der Waals surface area contributed by atoms with Crippen LogP contribution in [-0.4, -0.2) is 10.8 Å². The molecule has 0 amide bonds. The van der Waals surface area contributed by atoms with Crippen molar-refractivity contribution in [2.24, 2.45) is 0 Å². The lowest BCUT2D eigenvalue weighted by Gasteiger charge is -2.03. The Morgan fingerprint density at radius 3 is 2.65 bits per heavy atom. The maximum atomic E-state index is 11.9. The minimum absolute atomic E-state index is 0.288. The van der Waals surface area contributed by atoms with E-state index in [1.54, 1.807) is 6.20 Å². The maximum Gasteiger partial charge on any atom is 0.138 e. The Kier molecular flexibility index (Phi) is 5.48. The highest BCUT2D eigenvalue weighted by Crippen LogP contribution is 2.08. The molecule has 2 aromatic rings. The largest absolute Gasteiger partial charge is 0.299 e. The van der Waals surface area contributed by atoms with E-state index in [1.165, 1.54) is 5.56 Å². The quantitative estimate of drug-likeness (QED) is 0.712. The first-order chi connectivity index (χ1) is 9.74. The summed E-state index contributed by atoms with van der Waals surface area (Å²) in [6, 6.07) is 14.4. The number of benzene rings is 1. The second-order valence-corrected chi connectivity index (χ2v) is 5.23. The van der Waals surface area contributed by atoms with Crippen LogP contribution in [0.3, 0.4) is 0 Å². The van der Waals surface area contributed by atoms with Crippen molar-refractivity contribution >= 4 is 5.78 Å². The molecule has 0 spiro atoms. The van der Waals surface area contributed by atoms with Gasteiger partial charge in [-0.2, -0.15) is 0 Å². The molecule has 1 aromatic carbocycles. The fourth-order valence-corrected chi connectivity index (χ4v) is 2.28. The molecule has 0 atom stereocenters. The lowest BCUT2D eigenvalue weighted by molar-refractivity contribution is -0.118. The van der Waals surface area contributed by atoms with Crippen LogP contribution in [0.4, 0.5) is 0 Å². The molecular formula is C18H21NO. The van der Waals surface area contributed by atoms with Gasteiger partial charge in [0, 0.05) is 24.7 Å². The van der Waals surface area contributed by atoms with E-state index in [4.69, 9.17) is 0 Å². The van der Waals surface area contributed by atoms with Crippen LogP contribution in [0.15, 0.2) is 48.7 Å². The van der Waals surface area contributed by atoms with Crippen molar-refractivity contribution in [2.75, 3.05) is 0 Å². The van der Waals surface area contributed by atoms with Gasteiger partial charge in [0.1, 0.15) is 5.78 Å². The molecule has 104 valence electrons. The van der Waals surface area contributed by atoms with Gasteiger partial charge in [0.05, 0.1) is 0 Å². The number of Topliss-reactive ketones (excluding diaryl/α,β-unsaturated/α-hetero) is 1. The summed E-state index contributed by atoms with van der Waals surface area (Å²) in [5.74, 6) is 0.288. The van der Waals surface area contributed by atoms with Gasteiger partial charge in [0.25, 0.3) is 0 Å². The van der Waals surface area contributed by atoms with Crippen LogP contribution in [0, 0.1) is 6.92 Å². The Morgan fingerprint density at radius 2 is 1.90 bits per heavy atom. The van der Waals surface area contributed by atoms with Gasteiger partial charge in [-0.1, -0.05) is 30.3 Å². The van der Waals surface area contributed by atoms with Gasteiger partial charge in [-0.15, -0.1) is 0 Å². The molecule has 0 bridgehead atoms. The predicted octanol–water partition coefficient (Wildman–Crippen LogP) is 3.91. The first-order valence-electron chi connectivity index (χ1n) is 7.21. The third-order valence-corrected chi connectivity index (χ3v) is 3.36. The molecule has 0 saturated carbocycles. The minimum atomic E-state index is 0.288. The Hall–Kier alpha value is -1.96. The number of hydrogen-bond donors (Lipinski definition) is 0. The topological polar surface area (TPSA) is 30.0 Å². The van der Waals surface area contributed by atoms with Crippen LogP contribution in [-0.2, 0) is 17.6 Å². The Bertz CT molecular complexity index is 548. The van der Waals surface area contributed by atoms with Crippen molar-refractivity contribution in [2.45, 2.75) is 39.0 Å².